The average molecular weight is 294 g/mol. The number of urea groups is 1. The fourth-order valence-electron chi connectivity index (χ4n) is 1.47. The minimum atomic E-state index is -1.06. The summed E-state index contributed by atoms with van der Waals surface area (Å²) in [7, 11) is 0. The quantitative estimate of drug-likeness (QED) is 0.593. The van der Waals surface area contributed by atoms with Crippen molar-refractivity contribution < 1.29 is 19.5 Å². The normalized spacial score (nSPS) is 10.0. The molecule has 0 spiro atoms. The number of nitrogens with one attached hydrogen (secondary N) is 3. The Labute approximate surface area is 121 Å². The van der Waals surface area contributed by atoms with Crippen molar-refractivity contribution in [3.63, 3.8) is 0 Å². The van der Waals surface area contributed by atoms with E-state index >= 15 is 0 Å². The summed E-state index contributed by atoms with van der Waals surface area (Å²) in [5.41, 5.74) is 0.509. The van der Waals surface area contributed by atoms with Gasteiger partial charge in [-0.05, 0) is 26.0 Å². The molecule has 0 fully saturated rings. The van der Waals surface area contributed by atoms with Crippen LogP contribution in [0.2, 0.25) is 0 Å². The SMILES string of the molecule is CC(C)NC(=O)CNC(=O)NCc1cc(C(=O)O)ccn1. The van der Waals surface area contributed by atoms with Gasteiger partial charge in [0.1, 0.15) is 0 Å². The van der Waals surface area contributed by atoms with Crippen molar-refractivity contribution >= 4 is 17.9 Å². The van der Waals surface area contributed by atoms with Gasteiger partial charge in [-0.1, -0.05) is 0 Å². The summed E-state index contributed by atoms with van der Waals surface area (Å²) in [6.07, 6.45) is 1.36. The third-order valence-electron chi connectivity index (χ3n) is 2.35. The van der Waals surface area contributed by atoms with Gasteiger partial charge in [0.15, 0.2) is 0 Å². The predicted molar refractivity (Wildman–Crippen MR) is 74.7 cm³/mol. The van der Waals surface area contributed by atoms with E-state index in [4.69, 9.17) is 5.11 Å². The van der Waals surface area contributed by atoms with Crippen LogP contribution in [0.1, 0.15) is 29.9 Å². The number of aromatic carboxylic acids is 1. The van der Waals surface area contributed by atoms with E-state index in [1.54, 1.807) is 0 Å². The van der Waals surface area contributed by atoms with Crippen LogP contribution in [0.4, 0.5) is 4.79 Å². The zero-order valence-corrected chi connectivity index (χ0v) is 11.8. The first-order chi connectivity index (χ1) is 9.88. The molecular weight excluding hydrogens is 276 g/mol. The monoisotopic (exact) mass is 294 g/mol. The lowest BCUT2D eigenvalue weighted by Gasteiger charge is -2.10. The van der Waals surface area contributed by atoms with Gasteiger partial charge >= 0.3 is 12.0 Å². The molecule has 1 aromatic rings. The number of carboxylic acids is 1. The fourth-order valence-corrected chi connectivity index (χ4v) is 1.47. The summed E-state index contributed by atoms with van der Waals surface area (Å²) < 4.78 is 0. The van der Waals surface area contributed by atoms with Crippen LogP contribution in [0, 0.1) is 0 Å². The number of carbonyl (C=O) groups excluding carboxylic acids is 2. The number of pyridine rings is 1. The molecule has 8 nitrogen and oxygen atoms in total. The number of aromatic nitrogens is 1. The molecule has 0 saturated heterocycles. The third-order valence-corrected chi connectivity index (χ3v) is 2.35. The number of rotatable bonds is 6. The van der Waals surface area contributed by atoms with Crippen LogP contribution < -0.4 is 16.0 Å². The minimum Gasteiger partial charge on any atom is -0.478 e. The number of hydrogen-bond acceptors (Lipinski definition) is 4. The topological polar surface area (TPSA) is 120 Å². The van der Waals surface area contributed by atoms with Gasteiger partial charge in [-0.3, -0.25) is 9.78 Å². The van der Waals surface area contributed by atoms with Crippen molar-refractivity contribution in [1.29, 1.82) is 0 Å². The summed E-state index contributed by atoms with van der Waals surface area (Å²) in [6, 6.07) is 2.21. The second-order valence-corrected chi connectivity index (χ2v) is 4.60. The zero-order valence-electron chi connectivity index (χ0n) is 11.8. The number of carbonyl (C=O) groups is 3. The Kier molecular flexibility index (Phi) is 6.12. The summed E-state index contributed by atoms with van der Waals surface area (Å²) in [5.74, 6) is -1.35. The summed E-state index contributed by atoms with van der Waals surface area (Å²) in [5, 5.41) is 16.3. The smallest absolute Gasteiger partial charge is 0.335 e. The van der Waals surface area contributed by atoms with Crippen LogP contribution in [0.15, 0.2) is 18.3 Å². The first-order valence-corrected chi connectivity index (χ1v) is 6.37. The standard InChI is InChI=1S/C13H18N4O4/c1-8(2)17-11(18)7-16-13(21)15-6-10-5-9(12(19)20)3-4-14-10/h3-5,8H,6-7H2,1-2H3,(H,17,18)(H,19,20)(H2,15,16,21). The molecule has 0 bridgehead atoms. The van der Waals surface area contributed by atoms with E-state index in [0.29, 0.717) is 5.69 Å². The first kappa shape index (κ1) is 16.4. The highest BCUT2D eigenvalue weighted by Gasteiger charge is 2.08. The van der Waals surface area contributed by atoms with Gasteiger partial charge in [0.05, 0.1) is 24.3 Å². The number of nitrogens with zero attached hydrogens (tertiary/aromatic N) is 1. The maximum absolute atomic E-state index is 11.5. The molecule has 4 N–H and O–H groups in total. The van der Waals surface area contributed by atoms with Gasteiger partial charge in [-0.25, -0.2) is 9.59 Å². The zero-order chi connectivity index (χ0) is 15.8. The molecule has 0 aliphatic heterocycles. The molecule has 0 unspecified atom stereocenters. The molecule has 3 amide bonds. The van der Waals surface area contributed by atoms with E-state index < -0.39 is 12.0 Å². The molecule has 21 heavy (non-hydrogen) atoms. The highest BCUT2D eigenvalue weighted by molar-refractivity contribution is 5.87. The molecule has 0 saturated carbocycles. The van der Waals surface area contributed by atoms with Crippen LogP contribution in [-0.4, -0.2) is 40.6 Å². The molecule has 0 aromatic carbocycles. The van der Waals surface area contributed by atoms with E-state index in [1.807, 2.05) is 13.8 Å². The molecular formula is C13H18N4O4. The molecule has 0 radical (unpaired) electrons. The predicted octanol–water partition coefficient (Wildman–Crippen LogP) is 0.104. The van der Waals surface area contributed by atoms with E-state index in [0.717, 1.165) is 0 Å². The van der Waals surface area contributed by atoms with Crippen molar-refractivity contribution in [2.24, 2.45) is 0 Å². The van der Waals surface area contributed by atoms with E-state index in [9.17, 15) is 14.4 Å². The maximum Gasteiger partial charge on any atom is 0.335 e. The Morgan fingerprint density at radius 3 is 2.62 bits per heavy atom. The Morgan fingerprint density at radius 1 is 1.29 bits per heavy atom. The Bertz CT molecular complexity index is 531. The largest absolute Gasteiger partial charge is 0.478 e. The molecule has 1 aromatic heterocycles. The van der Waals surface area contributed by atoms with Gasteiger partial charge in [-0.2, -0.15) is 0 Å². The van der Waals surface area contributed by atoms with E-state index in [1.165, 1.54) is 18.3 Å². The van der Waals surface area contributed by atoms with Crippen LogP contribution >= 0.6 is 0 Å². The van der Waals surface area contributed by atoms with Crippen molar-refractivity contribution in [3.05, 3.63) is 29.6 Å². The summed E-state index contributed by atoms with van der Waals surface area (Å²) >= 11 is 0. The fraction of sp³-hybridized carbons (Fsp3) is 0.385. The van der Waals surface area contributed by atoms with Gasteiger partial charge < -0.3 is 21.1 Å². The third kappa shape index (κ3) is 6.37. The Balaban J connectivity index is 2.38. The van der Waals surface area contributed by atoms with E-state index in [2.05, 4.69) is 20.9 Å². The maximum atomic E-state index is 11.5. The van der Waals surface area contributed by atoms with Crippen LogP contribution in [0.25, 0.3) is 0 Å². The van der Waals surface area contributed by atoms with Crippen molar-refractivity contribution in [2.45, 2.75) is 26.4 Å². The lowest BCUT2D eigenvalue weighted by atomic mass is 10.2. The number of amides is 3. The van der Waals surface area contributed by atoms with Gasteiger partial charge in [-0.15, -0.1) is 0 Å². The van der Waals surface area contributed by atoms with Gasteiger partial charge in [0.2, 0.25) is 5.91 Å². The van der Waals surface area contributed by atoms with Crippen molar-refractivity contribution in [1.82, 2.24) is 20.9 Å². The lowest BCUT2D eigenvalue weighted by Crippen LogP contribution is -2.43. The van der Waals surface area contributed by atoms with Gasteiger partial charge in [0, 0.05) is 12.2 Å². The average Bonchev–Trinajstić information content (AvgIpc) is 2.42. The van der Waals surface area contributed by atoms with Crippen molar-refractivity contribution in [2.75, 3.05) is 6.54 Å². The van der Waals surface area contributed by atoms with Crippen LogP contribution in [-0.2, 0) is 11.3 Å². The highest BCUT2D eigenvalue weighted by atomic mass is 16.4. The Morgan fingerprint density at radius 2 is 2.00 bits per heavy atom. The lowest BCUT2D eigenvalue weighted by molar-refractivity contribution is -0.120. The number of hydrogen-bond donors (Lipinski definition) is 4. The first-order valence-electron chi connectivity index (χ1n) is 6.37. The molecule has 0 atom stereocenters. The second-order valence-electron chi connectivity index (χ2n) is 4.60. The molecule has 8 heteroatoms. The summed E-state index contributed by atoms with van der Waals surface area (Å²) in [6.45, 7) is 3.57. The van der Waals surface area contributed by atoms with E-state index in [-0.39, 0.29) is 30.6 Å². The molecule has 1 heterocycles. The van der Waals surface area contributed by atoms with Crippen molar-refractivity contribution in [3.8, 4) is 0 Å². The second kappa shape index (κ2) is 7.83. The van der Waals surface area contributed by atoms with Crippen LogP contribution in [0.5, 0.6) is 0 Å². The van der Waals surface area contributed by atoms with Gasteiger partial charge in [0.25, 0.3) is 0 Å². The summed E-state index contributed by atoms with van der Waals surface area (Å²) in [4.78, 5) is 37.5. The van der Waals surface area contributed by atoms with Crippen LogP contribution in [0.3, 0.4) is 0 Å². The molecule has 1 rings (SSSR count). The molecule has 0 aliphatic rings. The Hall–Kier alpha value is -2.64. The minimum absolute atomic E-state index is 0.00493. The molecule has 114 valence electrons. The molecule has 0 aliphatic carbocycles. The highest BCUT2D eigenvalue weighted by Crippen LogP contribution is 2.01. The number of carboxylic acid groups (broad SMARTS) is 1.